The van der Waals surface area contributed by atoms with Crippen LogP contribution in [0.5, 0.6) is 0 Å². The molecule has 1 fully saturated rings. The Morgan fingerprint density at radius 1 is 1.06 bits per heavy atom. The molecule has 1 heterocycles. The zero-order valence-corrected chi connectivity index (χ0v) is 12.3. The zero-order chi connectivity index (χ0) is 13.1. The number of hydrogen-bond donors (Lipinski definition) is 1. The Hall–Kier alpha value is 0.01000. The third-order valence-corrected chi connectivity index (χ3v) is 4.47. The fourth-order valence-electron chi connectivity index (χ4n) is 2.26. The molecule has 0 radical (unpaired) electrons. The van der Waals surface area contributed by atoms with E-state index in [1.54, 1.807) is 12.1 Å². The minimum atomic E-state index is -0.574. The van der Waals surface area contributed by atoms with Gasteiger partial charge in [0.2, 0.25) is 0 Å². The third kappa shape index (κ3) is 3.52. The van der Waals surface area contributed by atoms with E-state index in [2.05, 4.69) is 4.90 Å². The number of likely N-dealkylation sites (tertiary alicyclic amines) is 1. The summed E-state index contributed by atoms with van der Waals surface area (Å²) in [6.45, 7) is 2.71. The lowest BCUT2D eigenvalue weighted by molar-refractivity contribution is 0.101. The van der Waals surface area contributed by atoms with Gasteiger partial charge in [0.1, 0.15) is 0 Å². The van der Waals surface area contributed by atoms with Gasteiger partial charge in [-0.1, -0.05) is 41.2 Å². The van der Waals surface area contributed by atoms with Crippen molar-refractivity contribution < 1.29 is 5.11 Å². The maximum atomic E-state index is 10.2. The van der Waals surface area contributed by atoms with Crippen molar-refractivity contribution >= 4 is 34.8 Å². The lowest BCUT2D eigenvalue weighted by atomic mass is 10.1. The zero-order valence-electron chi connectivity index (χ0n) is 10.0. The number of nitrogens with zero attached hydrogens (tertiary/aromatic N) is 1. The summed E-state index contributed by atoms with van der Waals surface area (Å²) >= 11 is 17.8. The number of aliphatic hydroxyl groups is 1. The highest BCUT2D eigenvalue weighted by atomic mass is 35.5. The van der Waals surface area contributed by atoms with Crippen LogP contribution in [0.4, 0.5) is 0 Å². The first-order valence-corrected chi connectivity index (χ1v) is 7.26. The first-order chi connectivity index (χ1) is 8.58. The second-order valence-corrected chi connectivity index (χ2v) is 5.87. The molecule has 0 aliphatic carbocycles. The van der Waals surface area contributed by atoms with E-state index in [0.717, 1.165) is 18.7 Å². The van der Waals surface area contributed by atoms with Crippen LogP contribution in [0.15, 0.2) is 12.1 Å². The number of rotatable bonds is 3. The van der Waals surface area contributed by atoms with Gasteiger partial charge in [-0.05, 0) is 43.6 Å². The molecule has 1 unspecified atom stereocenters. The Balaban J connectivity index is 2.06. The van der Waals surface area contributed by atoms with Crippen LogP contribution in [-0.2, 0) is 0 Å². The highest BCUT2D eigenvalue weighted by Crippen LogP contribution is 2.33. The summed E-state index contributed by atoms with van der Waals surface area (Å²) in [5.74, 6) is 0. The van der Waals surface area contributed by atoms with Crippen molar-refractivity contribution in [3.05, 3.63) is 32.8 Å². The van der Waals surface area contributed by atoms with Gasteiger partial charge in [0.25, 0.3) is 0 Å². The van der Waals surface area contributed by atoms with Crippen LogP contribution in [0, 0.1) is 0 Å². The van der Waals surface area contributed by atoms with Crippen molar-refractivity contribution in [2.75, 3.05) is 19.6 Å². The predicted molar refractivity (Wildman–Crippen MR) is 76.7 cm³/mol. The minimum Gasteiger partial charge on any atom is -0.387 e. The maximum Gasteiger partial charge on any atom is 0.0917 e. The molecular formula is C13H16Cl3NO. The molecule has 5 heteroatoms. The third-order valence-electron chi connectivity index (χ3n) is 3.27. The Kier molecular flexibility index (Phi) is 5.16. The van der Waals surface area contributed by atoms with Gasteiger partial charge in [0.05, 0.1) is 21.2 Å². The van der Waals surface area contributed by atoms with Crippen LogP contribution < -0.4 is 0 Å². The number of benzene rings is 1. The van der Waals surface area contributed by atoms with Crippen LogP contribution in [0.25, 0.3) is 0 Å². The molecule has 0 spiro atoms. The quantitative estimate of drug-likeness (QED) is 0.847. The van der Waals surface area contributed by atoms with Crippen LogP contribution in [0.1, 0.15) is 30.9 Å². The summed E-state index contributed by atoms with van der Waals surface area (Å²) in [5, 5.41) is 11.3. The van der Waals surface area contributed by atoms with Crippen LogP contribution in [0.2, 0.25) is 15.1 Å². The molecule has 100 valence electrons. The van der Waals surface area contributed by atoms with E-state index in [9.17, 15) is 5.11 Å². The maximum absolute atomic E-state index is 10.2. The number of halogens is 3. The van der Waals surface area contributed by atoms with Crippen LogP contribution in [-0.4, -0.2) is 29.6 Å². The van der Waals surface area contributed by atoms with E-state index in [4.69, 9.17) is 34.8 Å². The molecule has 0 saturated carbocycles. The van der Waals surface area contributed by atoms with Crippen molar-refractivity contribution in [2.24, 2.45) is 0 Å². The van der Waals surface area contributed by atoms with Gasteiger partial charge in [0, 0.05) is 6.54 Å². The van der Waals surface area contributed by atoms with Crippen molar-refractivity contribution in [1.29, 1.82) is 0 Å². The van der Waals surface area contributed by atoms with Crippen LogP contribution >= 0.6 is 34.8 Å². The SMILES string of the molecule is OC(CN1CCCCC1)c1cc(Cl)c(Cl)c(Cl)c1. The summed E-state index contributed by atoms with van der Waals surface area (Å²) in [7, 11) is 0. The normalized spacial score (nSPS) is 18.9. The molecule has 1 aromatic carbocycles. The molecule has 0 aromatic heterocycles. The standard InChI is InChI=1S/C13H16Cl3NO/c14-10-6-9(7-11(15)13(10)16)12(18)8-17-4-2-1-3-5-17/h6-7,12,18H,1-5,8H2. The molecule has 2 nitrogen and oxygen atoms in total. The minimum absolute atomic E-state index is 0.340. The summed E-state index contributed by atoms with van der Waals surface area (Å²) in [4.78, 5) is 2.27. The van der Waals surface area contributed by atoms with E-state index in [-0.39, 0.29) is 0 Å². The van der Waals surface area contributed by atoms with E-state index in [0.29, 0.717) is 21.6 Å². The Labute approximate surface area is 122 Å². The van der Waals surface area contributed by atoms with Gasteiger partial charge < -0.3 is 10.0 Å². The van der Waals surface area contributed by atoms with Gasteiger partial charge >= 0.3 is 0 Å². The lowest BCUT2D eigenvalue weighted by Gasteiger charge is -2.28. The molecule has 1 atom stereocenters. The van der Waals surface area contributed by atoms with E-state index < -0.39 is 6.10 Å². The number of piperidine rings is 1. The summed E-state index contributed by atoms with van der Waals surface area (Å²) in [6.07, 6.45) is 3.12. The van der Waals surface area contributed by atoms with Crippen LogP contribution in [0.3, 0.4) is 0 Å². The molecule has 1 aromatic rings. The smallest absolute Gasteiger partial charge is 0.0917 e. The molecule has 1 saturated heterocycles. The lowest BCUT2D eigenvalue weighted by Crippen LogP contribution is -2.33. The largest absolute Gasteiger partial charge is 0.387 e. The molecule has 1 aliphatic rings. The van der Waals surface area contributed by atoms with Gasteiger partial charge in [-0.2, -0.15) is 0 Å². The van der Waals surface area contributed by atoms with Gasteiger partial charge in [-0.25, -0.2) is 0 Å². The molecule has 1 N–H and O–H groups in total. The van der Waals surface area contributed by atoms with E-state index >= 15 is 0 Å². The van der Waals surface area contributed by atoms with Crippen molar-refractivity contribution in [2.45, 2.75) is 25.4 Å². The molecule has 0 bridgehead atoms. The average Bonchev–Trinajstić information content (AvgIpc) is 2.36. The summed E-state index contributed by atoms with van der Waals surface area (Å²) < 4.78 is 0. The Morgan fingerprint density at radius 3 is 2.17 bits per heavy atom. The molecule has 0 amide bonds. The second-order valence-electron chi connectivity index (χ2n) is 4.68. The Morgan fingerprint density at radius 2 is 1.61 bits per heavy atom. The predicted octanol–water partition coefficient (Wildman–Crippen LogP) is 4.17. The molecule has 2 rings (SSSR count). The number of β-amino-alcohol motifs (C(OH)–C–C–N with tert-alkyl or cyclic N) is 1. The molecule has 1 aliphatic heterocycles. The number of hydrogen-bond acceptors (Lipinski definition) is 2. The Bertz CT molecular complexity index is 396. The van der Waals surface area contributed by atoms with Crippen molar-refractivity contribution in [1.82, 2.24) is 4.90 Å². The van der Waals surface area contributed by atoms with Gasteiger partial charge in [-0.3, -0.25) is 0 Å². The highest BCUT2D eigenvalue weighted by molar-refractivity contribution is 6.48. The van der Waals surface area contributed by atoms with Gasteiger partial charge in [-0.15, -0.1) is 0 Å². The monoisotopic (exact) mass is 307 g/mol. The fraction of sp³-hybridized carbons (Fsp3) is 0.538. The average molecular weight is 309 g/mol. The topological polar surface area (TPSA) is 23.5 Å². The molecular weight excluding hydrogens is 293 g/mol. The second kappa shape index (κ2) is 6.44. The first-order valence-electron chi connectivity index (χ1n) is 6.13. The van der Waals surface area contributed by atoms with E-state index in [1.807, 2.05) is 0 Å². The summed E-state index contributed by atoms with van der Waals surface area (Å²) in [6, 6.07) is 3.37. The highest BCUT2D eigenvalue weighted by Gasteiger charge is 2.17. The van der Waals surface area contributed by atoms with Gasteiger partial charge in [0.15, 0.2) is 0 Å². The van der Waals surface area contributed by atoms with Crippen molar-refractivity contribution in [3.63, 3.8) is 0 Å². The van der Waals surface area contributed by atoms with Crippen molar-refractivity contribution in [3.8, 4) is 0 Å². The summed E-state index contributed by atoms with van der Waals surface area (Å²) in [5.41, 5.74) is 0.722. The first kappa shape index (κ1) is 14.4. The fourth-order valence-corrected chi connectivity index (χ4v) is 2.87. The van der Waals surface area contributed by atoms with E-state index in [1.165, 1.54) is 19.3 Å². The number of aliphatic hydroxyl groups excluding tert-OH is 1. The molecule has 18 heavy (non-hydrogen) atoms.